The van der Waals surface area contributed by atoms with Gasteiger partial charge in [0.15, 0.2) is 16.6 Å². The van der Waals surface area contributed by atoms with Crippen molar-refractivity contribution in [3.63, 3.8) is 0 Å². The number of amides is 12. The van der Waals surface area contributed by atoms with Crippen LogP contribution in [-0.2, 0) is 61.6 Å². The van der Waals surface area contributed by atoms with Gasteiger partial charge in [0.25, 0.3) is 0 Å². The highest BCUT2D eigenvalue weighted by Gasteiger charge is 2.60. The molecule has 6 heterocycles. The average molecular weight is 1650 g/mol. The number of benzene rings is 7. The molecule has 0 spiro atoms. The molecule has 2 saturated carbocycles. The normalized spacial score (nSPS) is 28.6. The van der Waals surface area contributed by atoms with Crippen LogP contribution in [-0.4, -0.2) is 133 Å². The van der Waals surface area contributed by atoms with E-state index in [4.69, 9.17) is 13.6 Å². The van der Waals surface area contributed by atoms with E-state index < -0.39 is 81.7 Å². The average Bonchev–Trinajstić information content (AvgIpc) is 1.57. The molecular weight excluding hydrogens is 1550 g/mol. The summed E-state index contributed by atoms with van der Waals surface area (Å²) >= 11 is 0. The SMILES string of the molecule is CCCC[Si](C)(C)O[Si](C)(C)CCCN1C(=O)CC(C2CC3C(=O)N(c4ccc(Oc5ccc(-c6ccc(Oc7ccc(N8C(=O)CC(C9CC%10C(=O)N(C%11CCC(CC%12CCC(N%13C(=O)CC(C%14CC%15C(=O)N(C)C(=O)C%15c%15ccccc%15%14)C%13=O)CC%12)CC%11)C(=O)C%10c%10ccccc%109)C8=O)cc7)cc6)cc5)cc4)C(=O)C3c3ccccc32)C1=O. The minimum absolute atomic E-state index is 0.0393. The third-order valence-corrected chi connectivity index (χ3v) is 36.5. The molecule has 6 aliphatic heterocycles. The summed E-state index contributed by atoms with van der Waals surface area (Å²) in [4.78, 5) is 178. The molecule has 0 N–H and O–H groups in total. The van der Waals surface area contributed by atoms with Gasteiger partial charge in [0.2, 0.25) is 70.9 Å². The summed E-state index contributed by atoms with van der Waals surface area (Å²) in [6.07, 6.45) is 11.4. The van der Waals surface area contributed by atoms with Gasteiger partial charge >= 0.3 is 0 Å². The molecule has 11 aliphatic rings. The Labute approximate surface area is 702 Å². The van der Waals surface area contributed by atoms with Gasteiger partial charge in [-0.05, 0) is 269 Å². The Hall–Kier alpha value is -10.6. The third-order valence-electron chi connectivity index (χ3n) is 29.0. The van der Waals surface area contributed by atoms with Crippen molar-refractivity contribution in [2.45, 2.75) is 208 Å². The quantitative estimate of drug-likeness (QED) is 0.0426. The van der Waals surface area contributed by atoms with Crippen LogP contribution in [0, 0.1) is 47.3 Å². The molecular formula is C97H104N6O15Si2. The van der Waals surface area contributed by atoms with E-state index in [9.17, 15) is 57.5 Å². The molecule has 7 aromatic rings. The van der Waals surface area contributed by atoms with Gasteiger partial charge in [-0.15, -0.1) is 0 Å². The van der Waals surface area contributed by atoms with Crippen molar-refractivity contribution in [2.75, 3.05) is 23.4 Å². The number of rotatable bonds is 23. The third kappa shape index (κ3) is 14.6. The molecule has 12 unspecified atom stereocenters. The lowest BCUT2D eigenvalue weighted by Crippen LogP contribution is -2.44. The number of hydrogen-bond donors (Lipinski definition) is 0. The minimum Gasteiger partial charge on any atom is -0.457 e. The number of unbranched alkanes of at least 4 members (excludes halogenated alkanes) is 1. The first-order valence-electron chi connectivity index (χ1n) is 43.7. The van der Waals surface area contributed by atoms with Gasteiger partial charge in [-0.3, -0.25) is 82.0 Å². The van der Waals surface area contributed by atoms with Crippen LogP contribution in [0.5, 0.6) is 23.0 Å². The largest absolute Gasteiger partial charge is 0.457 e. The summed E-state index contributed by atoms with van der Waals surface area (Å²) in [5, 5.41) is 0. The van der Waals surface area contributed by atoms with E-state index in [0.717, 1.165) is 114 Å². The van der Waals surface area contributed by atoms with E-state index >= 15 is 0 Å². The highest BCUT2D eigenvalue weighted by atomic mass is 28.4. The maximum Gasteiger partial charge on any atom is 0.242 e. The monoisotopic (exact) mass is 1650 g/mol. The van der Waals surface area contributed by atoms with E-state index in [0.29, 0.717) is 78.4 Å². The Bertz CT molecular complexity index is 5310. The first kappa shape index (κ1) is 80.4. The van der Waals surface area contributed by atoms with Gasteiger partial charge in [0.05, 0.1) is 64.6 Å². The van der Waals surface area contributed by atoms with E-state index in [1.165, 1.54) is 31.5 Å². The highest BCUT2D eigenvalue weighted by molar-refractivity contribution is 6.84. The second kappa shape index (κ2) is 32.1. The summed E-state index contributed by atoms with van der Waals surface area (Å²) in [5.74, 6) is -6.83. The van der Waals surface area contributed by atoms with Crippen LogP contribution in [0.15, 0.2) is 170 Å². The van der Waals surface area contributed by atoms with Crippen LogP contribution < -0.4 is 19.3 Å². The summed E-state index contributed by atoms with van der Waals surface area (Å²) < 4.78 is 19.4. The zero-order valence-corrected chi connectivity index (χ0v) is 71.1. The Morgan fingerprint density at radius 1 is 0.342 bits per heavy atom. The van der Waals surface area contributed by atoms with Crippen LogP contribution in [0.25, 0.3) is 11.1 Å². The highest BCUT2D eigenvalue weighted by Crippen LogP contribution is 2.57. The van der Waals surface area contributed by atoms with E-state index in [2.05, 4.69) is 33.1 Å². The standard InChI is InChI=1S/C97H104N6O15Si2/c1-7-8-47-119(3,4)118-120(5,6)48-15-46-99-83(104)53-77(90(99)108)74-51-81-87(72-20-13-10-17-69(72)74)97(115)103(94(81)112)63-36-44-67(45-37-63)117-65-40-28-59(29-41-65)58-26-38-64(39-27-58)116-66-42-34-61(35-43-66)101-85(106)55-79(92(101)110)76-52-82-88(73-21-14-11-18-70(73)76)96(114)102(93(82)111)62-32-24-57(25-33-62)49-56-22-30-60(31-23-56)100-84(105)54-78(91(100)109)75-50-80-86(95(113)98(2)89(80)107)71-19-12-9-16-68(71)75/h9-14,16-21,26-29,34-45,56-57,60,62,74-82,86-88H,7-8,15,22-25,30-33,46-55H2,1-6H3. The molecule has 23 heteroatoms. The molecule has 12 amide bonds. The second-order valence-electron chi connectivity index (χ2n) is 37.1. The molecule has 8 fully saturated rings. The fourth-order valence-corrected chi connectivity index (χ4v) is 32.3. The molecule has 18 rings (SSSR count). The smallest absolute Gasteiger partial charge is 0.242 e. The fourth-order valence-electron chi connectivity index (χ4n) is 23.2. The van der Waals surface area contributed by atoms with Crippen molar-refractivity contribution < 1.29 is 71.1 Å². The summed E-state index contributed by atoms with van der Waals surface area (Å²) in [5.41, 5.74) is 7.53. The molecule has 120 heavy (non-hydrogen) atoms. The number of nitrogens with zero attached hydrogens (tertiary/aromatic N) is 6. The maximum atomic E-state index is 14.8. The van der Waals surface area contributed by atoms with Crippen molar-refractivity contribution >= 4 is 98.9 Å². The van der Waals surface area contributed by atoms with Gasteiger partial charge in [-0.2, -0.15) is 0 Å². The number of fused-ring (bicyclic) bond motifs is 9. The predicted octanol–water partition coefficient (Wildman–Crippen LogP) is 16.6. The van der Waals surface area contributed by atoms with Gasteiger partial charge in [-0.25, -0.2) is 4.90 Å². The van der Waals surface area contributed by atoms with Crippen LogP contribution in [0.4, 0.5) is 11.4 Å². The van der Waals surface area contributed by atoms with Crippen molar-refractivity contribution in [2.24, 2.45) is 47.3 Å². The number of carbonyl (C=O) groups is 12. The first-order valence-corrected chi connectivity index (χ1v) is 49.9. The predicted molar refractivity (Wildman–Crippen MR) is 454 cm³/mol. The van der Waals surface area contributed by atoms with Crippen LogP contribution in [0.3, 0.4) is 0 Å². The molecule has 0 radical (unpaired) electrons. The maximum absolute atomic E-state index is 14.8. The Morgan fingerprint density at radius 3 is 1.21 bits per heavy atom. The van der Waals surface area contributed by atoms with E-state index in [1.807, 2.05) is 121 Å². The molecule has 6 saturated heterocycles. The van der Waals surface area contributed by atoms with Crippen molar-refractivity contribution in [3.05, 3.63) is 203 Å². The Balaban J connectivity index is 0.449. The van der Waals surface area contributed by atoms with Gasteiger partial charge < -0.3 is 13.6 Å². The number of carbonyl (C=O) groups excluding carboxylic acids is 12. The number of ether oxygens (including phenoxy) is 2. The Kier molecular flexibility index (Phi) is 21.5. The van der Waals surface area contributed by atoms with Crippen molar-refractivity contribution in [3.8, 4) is 34.1 Å². The molecule has 0 bridgehead atoms. The van der Waals surface area contributed by atoms with Crippen LogP contribution in [0.2, 0.25) is 38.3 Å². The summed E-state index contributed by atoms with van der Waals surface area (Å²) in [6, 6.07) is 53.3. The van der Waals surface area contributed by atoms with Gasteiger partial charge in [0.1, 0.15) is 23.0 Å². The molecule has 7 aromatic carbocycles. The molecule has 21 nitrogen and oxygen atoms in total. The lowest BCUT2D eigenvalue weighted by atomic mass is 9.67. The molecule has 12 atom stereocenters. The van der Waals surface area contributed by atoms with E-state index in [1.54, 1.807) is 53.4 Å². The lowest BCUT2D eigenvalue weighted by molar-refractivity contribution is -0.144. The summed E-state index contributed by atoms with van der Waals surface area (Å²) in [7, 11) is -2.33. The molecule has 0 aromatic heterocycles. The van der Waals surface area contributed by atoms with E-state index in [-0.39, 0.29) is 121 Å². The zero-order chi connectivity index (χ0) is 83.5. The number of likely N-dealkylation sites (tertiary alicyclic amines) is 4. The first-order chi connectivity index (χ1) is 57.8. The number of imide groups is 6. The molecule has 5 aliphatic carbocycles. The summed E-state index contributed by atoms with van der Waals surface area (Å²) in [6.45, 7) is 11.6. The zero-order valence-electron chi connectivity index (χ0n) is 69.1. The van der Waals surface area contributed by atoms with Gasteiger partial charge in [-0.1, -0.05) is 117 Å². The number of hydrogen-bond acceptors (Lipinski definition) is 15. The minimum atomic E-state index is -2.04. The topological polar surface area (TPSA) is 252 Å². The second-order valence-corrected chi connectivity index (χ2v) is 46.0. The van der Waals surface area contributed by atoms with Crippen LogP contribution in [0.1, 0.15) is 191 Å². The van der Waals surface area contributed by atoms with Gasteiger partial charge in [0, 0.05) is 44.9 Å². The fraction of sp³-hybridized carbons (Fsp3) is 0.443. The lowest BCUT2D eigenvalue weighted by Gasteiger charge is -2.38. The van der Waals surface area contributed by atoms with Crippen LogP contribution >= 0.6 is 0 Å². The number of likely N-dealkylation sites (N-methyl/N-ethyl adjacent to an activating group) is 1. The number of anilines is 2. The Morgan fingerprint density at radius 2 is 0.717 bits per heavy atom. The van der Waals surface area contributed by atoms with Crippen molar-refractivity contribution in [1.82, 2.24) is 19.6 Å². The van der Waals surface area contributed by atoms with Crippen molar-refractivity contribution in [1.29, 1.82) is 0 Å². The molecule has 620 valence electrons.